The first kappa shape index (κ1) is 19.4. The number of halogens is 3. The molecule has 2 atom stereocenters. The summed E-state index contributed by atoms with van der Waals surface area (Å²) in [6, 6.07) is 5.16. The van der Waals surface area contributed by atoms with E-state index >= 15 is 0 Å². The summed E-state index contributed by atoms with van der Waals surface area (Å²) >= 11 is 0. The van der Waals surface area contributed by atoms with Gasteiger partial charge in [0.05, 0.1) is 25.0 Å². The topological polar surface area (TPSA) is 59.0 Å². The standard InChI is InChI=1S/C17H22F3NO4/c1-10(2)25-14-5-4-11(6-15(14)24-3)7-21-8-12(16(22)23)13(9-21)17(18,19)20/h4-6,10,12-13H,7-9H2,1-3H3,(H,22,23)/t12-,13-/m1/s1. The number of carbonyl (C=O) groups is 1. The Balaban J connectivity index is 2.13. The minimum absolute atomic E-state index is 0.0396. The highest BCUT2D eigenvalue weighted by Gasteiger charge is 2.52. The monoisotopic (exact) mass is 361 g/mol. The van der Waals surface area contributed by atoms with Gasteiger partial charge in [-0.05, 0) is 31.5 Å². The Bertz CT molecular complexity index is 618. The first-order chi connectivity index (χ1) is 11.6. The lowest BCUT2D eigenvalue weighted by atomic mass is 9.96. The van der Waals surface area contributed by atoms with E-state index in [1.165, 1.54) is 12.0 Å². The molecule has 8 heteroatoms. The number of hydrogen-bond acceptors (Lipinski definition) is 4. The minimum Gasteiger partial charge on any atom is -0.493 e. The summed E-state index contributed by atoms with van der Waals surface area (Å²) in [6.45, 7) is 3.51. The van der Waals surface area contributed by atoms with E-state index in [4.69, 9.17) is 14.6 Å². The van der Waals surface area contributed by atoms with Gasteiger partial charge in [-0.1, -0.05) is 6.07 Å². The minimum atomic E-state index is -4.52. The Hall–Kier alpha value is -1.96. The van der Waals surface area contributed by atoms with Crippen molar-refractivity contribution in [3.63, 3.8) is 0 Å². The van der Waals surface area contributed by atoms with Crippen molar-refractivity contribution in [2.24, 2.45) is 11.8 Å². The van der Waals surface area contributed by atoms with Crippen molar-refractivity contribution in [3.05, 3.63) is 23.8 Å². The van der Waals surface area contributed by atoms with Crippen LogP contribution in [-0.4, -0.2) is 48.5 Å². The average Bonchev–Trinajstić information content (AvgIpc) is 2.92. The van der Waals surface area contributed by atoms with Crippen LogP contribution in [0.15, 0.2) is 18.2 Å². The van der Waals surface area contributed by atoms with E-state index in [0.29, 0.717) is 11.5 Å². The molecule has 1 fully saturated rings. The fourth-order valence-electron chi connectivity index (χ4n) is 3.02. The summed E-state index contributed by atoms with van der Waals surface area (Å²) in [5.41, 5.74) is 0.736. The van der Waals surface area contributed by atoms with Crippen LogP contribution in [0.2, 0.25) is 0 Å². The normalized spacial score (nSPS) is 21.6. The molecule has 140 valence electrons. The summed E-state index contributed by atoms with van der Waals surface area (Å²) in [5.74, 6) is -3.66. The second-order valence-electron chi connectivity index (χ2n) is 6.44. The van der Waals surface area contributed by atoms with Gasteiger partial charge in [0.1, 0.15) is 0 Å². The summed E-state index contributed by atoms with van der Waals surface area (Å²) < 4.78 is 50.0. The van der Waals surface area contributed by atoms with Gasteiger partial charge < -0.3 is 14.6 Å². The van der Waals surface area contributed by atoms with E-state index in [1.807, 2.05) is 13.8 Å². The van der Waals surface area contributed by atoms with Crippen LogP contribution in [0.4, 0.5) is 13.2 Å². The second-order valence-corrected chi connectivity index (χ2v) is 6.44. The van der Waals surface area contributed by atoms with Crippen molar-refractivity contribution in [3.8, 4) is 11.5 Å². The van der Waals surface area contributed by atoms with Crippen LogP contribution in [-0.2, 0) is 11.3 Å². The molecule has 0 bridgehead atoms. The van der Waals surface area contributed by atoms with E-state index < -0.39 is 24.0 Å². The van der Waals surface area contributed by atoms with Crippen molar-refractivity contribution in [2.75, 3.05) is 20.2 Å². The Morgan fingerprint density at radius 2 is 2.00 bits per heavy atom. The van der Waals surface area contributed by atoms with Crippen LogP contribution in [0, 0.1) is 11.8 Å². The van der Waals surface area contributed by atoms with Gasteiger partial charge in [0, 0.05) is 19.6 Å². The van der Waals surface area contributed by atoms with Gasteiger partial charge in [0.2, 0.25) is 0 Å². The molecule has 1 aromatic rings. The molecule has 25 heavy (non-hydrogen) atoms. The zero-order valence-corrected chi connectivity index (χ0v) is 14.3. The van der Waals surface area contributed by atoms with Gasteiger partial charge in [-0.2, -0.15) is 13.2 Å². The predicted molar refractivity (Wildman–Crippen MR) is 84.7 cm³/mol. The van der Waals surface area contributed by atoms with E-state index in [0.717, 1.165) is 5.56 Å². The summed E-state index contributed by atoms with van der Waals surface area (Å²) in [7, 11) is 1.49. The molecule has 1 saturated heterocycles. The number of carboxylic acid groups (broad SMARTS) is 1. The van der Waals surface area contributed by atoms with Crippen LogP contribution in [0.5, 0.6) is 11.5 Å². The highest BCUT2D eigenvalue weighted by Crippen LogP contribution is 2.38. The van der Waals surface area contributed by atoms with Crippen molar-refractivity contribution >= 4 is 5.97 Å². The van der Waals surface area contributed by atoms with Crippen molar-refractivity contribution in [1.29, 1.82) is 0 Å². The van der Waals surface area contributed by atoms with Crippen molar-refractivity contribution < 1.29 is 32.5 Å². The molecule has 1 N–H and O–H groups in total. The lowest BCUT2D eigenvalue weighted by molar-refractivity contribution is -0.188. The molecule has 0 unspecified atom stereocenters. The summed E-state index contributed by atoms with van der Waals surface area (Å²) in [4.78, 5) is 12.6. The van der Waals surface area contributed by atoms with Crippen LogP contribution in [0.3, 0.4) is 0 Å². The molecule has 1 aliphatic heterocycles. The van der Waals surface area contributed by atoms with Crippen LogP contribution >= 0.6 is 0 Å². The smallest absolute Gasteiger partial charge is 0.393 e. The predicted octanol–water partition coefficient (Wildman–Crippen LogP) is 3.18. The highest BCUT2D eigenvalue weighted by atomic mass is 19.4. The SMILES string of the molecule is COc1cc(CN2C[C@@H](C(F)(F)F)[C@H](C(=O)O)C2)ccc1OC(C)C. The van der Waals surface area contributed by atoms with Gasteiger partial charge in [0.15, 0.2) is 11.5 Å². The number of likely N-dealkylation sites (tertiary alicyclic amines) is 1. The molecule has 0 aliphatic carbocycles. The van der Waals surface area contributed by atoms with E-state index in [-0.39, 0.29) is 25.7 Å². The second kappa shape index (κ2) is 7.51. The zero-order valence-electron chi connectivity index (χ0n) is 14.3. The molecular weight excluding hydrogens is 339 g/mol. The zero-order chi connectivity index (χ0) is 18.8. The van der Waals surface area contributed by atoms with Gasteiger partial charge in [-0.3, -0.25) is 9.69 Å². The maximum atomic E-state index is 13.0. The number of rotatable bonds is 6. The average molecular weight is 361 g/mol. The lowest BCUT2D eigenvalue weighted by Crippen LogP contribution is -2.33. The van der Waals surface area contributed by atoms with Crippen LogP contribution in [0.1, 0.15) is 19.4 Å². The Kier molecular flexibility index (Phi) is 5.82. The highest BCUT2D eigenvalue weighted by molar-refractivity contribution is 5.71. The molecule has 0 amide bonds. The van der Waals surface area contributed by atoms with Gasteiger partial charge in [-0.25, -0.2) is 0 Å². The molecule has 1 aromatic carbocycles. The number of nitrogens with zero attached hydrogens (tertiary/aromatic N) is 1. The third-order valence-electron chi connectivity index (χ3n) is 4.13. The number of aliphatic carboxylic acids is 1. The van der Waals surface area contributed by atoms with E-state index in [1.54, 1.807) is 18.2 Å². The van der Waals surface area contributed by atoms with Gasteiger partial charge >= 0.3 is 12.1 Å². The summed E-state index contributed by atoms with van der Waals surface area (Å²) in [6.07, 6.45) is -4.56. The Morgan fingerprint density at radius 3 is 2.48 bits per heavy atom. The maximum Gasteiger partial charge on any atom is 0.393 e. The number of methoxy groups -OCH3 is 1. The molecule has 5 nitrogen and oxygen atoms in total. The number of carboxylic acids is 1. The fraction of sp³-hybridized carbons (Fsp3) is 0.588. The molecule has 2 rings (SSSR count). The van der Waals surface area contributed by atoms with E-state index in [9.17, 15) is 18.0 Å². The maximum absolute atomic E-state index is 13.0. The Labute approximate surface area is 144 Å². The molecule has 0 saturated carbocycles. The Morgan fingerprint density at radius 1 is 1.32 bits per heavy atom. The first-order valence-corrected chi connectivity index (χ1v) is 7.97. The number of hydrogen-bond donors (Lipinski definition) is 1. The van der Waals surface area contributed by atoms with Crippen LogP contribution in [0.25, 0.3) is 0 Å². The molecule has 0 radical (unpaired) electrons. The van der Waals surface area contributed by atoms with Crippen molar-refractivity contribution in [2.45, 2.75) is 32.7 Å². The lowest BCUT2D eigenvalue weighted by Gasteiger charge is -2.19. The van der Waals surface area contributed by atoms with Crippen LogP contribution < -0.4 is 9.47 Å². The molecule has 1 aliphatic rings. The molecule has 0 aromatic heterocycles. The summed E-state index contributed by atoms with van der Waals surface area (Å²) in [5, 5.41) is 9.07. The largest absolute Gasteiger partial charge is 0.493 e. The molecule has 1 heterocycles. The number of ether oxygens (including phenoxy) is 2. The van der Waals surface area contributed by atoms with E-state index in [2.05, 4.69) is 0 Å². The molecule has 0 spiro atoms. The third kappa shape index (κ3) is 4.78. The number of alkyl halides is 3. The van der Waals surface area contributed by atoms with Crippen molar-refractivity contribution in [1.82, 2.24) is 4.90 Å². The fourth-order valence-corrected chi connectivity index (χ4v) is 3.02. The quantitative estimate of drug-likeness (QED) is 0.843. The van der Waals surface area contributed by atoms with Gasteiger partial charge in [-0.15, -0.1) is 0 Å². The first-order valence-electron chi connectivity index (χ1n) is 7.97. The molecular formula is C17H22F3NO4. The van der Waals surface area contributed by atoms with Gasteiger partial charge in [0.25, 0.3) is 0 Å². The number of benzene rings is 1. The third-order valence-corrected chi connectivity index (χ3v) is 4.13.